The zero-order valence-electron chi connectivity index (χ0n) is 22.6. The van der Waals surface area contributed by atoms with E-state index in [4.69, 9.17) is 10.5 Å². The molecule has 4 N–H and O–H groups in total. The van der Waals surface area contributed by atoms with Crippen LogP contribution in [0.3, 0.4) is 0 Å². The van der Waals surface area contributed by atoms with Crippen LogP contribution in [-0.4, -0.2) is 67.2 Å². The molecule has 40 heavy (non-hydrogen) atoms. The third-order valence-corrected chi connectivity index (χ3v) is 9.68. The van der Waals surface area contributed by atoms with Crippen molar-refractivity contribution in [1.82, 2.24) is 19.9 Å². The number of sulfonamides is 1. The van der Waals surface area contributed by atoms with Crippen molar-refractivity contribution >= 4 is 27.7 Å². The van der Waals surface area contributed by atoms with Crippen molar-refractivity contribution in [2.75, 3.05) is 13.7 Å². The lowest BCUT2D eigenvalue weighted by Gasteiger charge is -2.38. The van der Waals surface area contributed by atoms with Crippen molar-refractivity contribution in [3.05, 3.63) is 54.4 Å². The summed E-state index contributed by atoms with van der Waals surface area (Å²) in [6.45, 7) is -0.00238. The van der Waals surface area contributed by atoms with E-state index >= 15 is 0 Å². The fourth-order valence-corrected chi connectivity index (χ4v) is 7.14. The molecule has 0 radical (unpaired) electrons. The maximum Gasteiger partial charge on any atom is 0.251 e. The second-order valence-electron chi connectivity index (χ2n) is 10.4. The topological polar surface area (TPSA) is 161 Å². The molecule has 2 fully saturated rings. The van der Waals surface area contributed by atoms with E-state index < -0.39 is 40.0 Å². The number of carbonyl (C=O) groups excluding carboxylic acids is 3. The van der Waals surface area contributed by atoms with E-state index in [1.54, 1.807) is 12.1 Å². The van der Waals surface area contributed by atoms with Crippen molar-refractivity contribution in [3.63, 3.8) is 0 Å². The molecule has 2 aliphatic rings. The van der Waals surface area contributed by atoms with Gasteiger partial charge in [-0.1, -0.05) is 32.1 Å². The summed E-state index contributed by atoms with van der Waals surface area (Å²) in [6, 6.07) is 6.55. The number of hydrogen-bond acceptors (Lipinski definition) is 7. The molecule has 3 amide bonds. The number of methoxy groups -OCH3 is 1. The molecular weight excluding hydrogens is 534 g/mol. The lowest BCUT2D eigenvalue weighted by molar-refractivity contribution is -0.131. The van der Waals surface area contributed by atoms with Gasteiger partial charge in [0.15, 0.2) is 0 Å². The maximum atomic E-state index is 13.7. The number of aromatic nitrogens is 1. The summed E-state index contributed by atoms with van der Waals surface area (Å²) in [4.78, 5) is 42.7. The molecule has 0 bridgehead atoms. The largest absolute Gasteiger partial charge is 0.497 e. The summed E-state index contributed by atoms with van der Waals surface area (Å²) in [5, 5.41) is 5.66. The van der Waals surface area contributed by atoms with Crippen molar-refractivity contribution in [2.45, 2.75) is 74.4 Å². The summed E-state index contributed by atoms with van der Waals surface area (Å²) in [7, 11) is -2.61. The molecule has 1 aliphatic heterocycles. The van der Waals surface area contributed by atoms with E-state index in [0.717, 1.165) is 36.4 Å². The Hall–Kier alpha value is -3.51. The number of hydrogen-bond donors (Lipinski definition) is 3. The van der Waals surface area contributed by atoms with E-state index in [2.05, 4.69) is 15.6 Å². The van der Waals surface area contributed by atoms with Crippen LogP contribution in [-0.2, 0) is 19.6 Å². The zero-order valence-corrected chi connectivity index (χ0v) is 23.4. The fraction of sp³-hybridized carbons (Fsp3) is 0.500. The predicted molar refractivity (Wildman–Crippen MR) is 148 cm³/mol. The van der Waals surface area contributed by atoms with E-state index in [0.29, 0.717) is 24.2 Å². The molecule has 11 nitrogen and oxygen atoms in total. The van der Waals surface area contributed by atoms with Crippen molar-refractivity contribution < 1.29 is 27.5 Å². The van der Waals surface area contributed by atoms with Crippen LogP contribution in [0.2, 0.25) is 0 Å². The molecule has 1 saturated carbocycles. The summed E-state index contributed by atoms with van der Waals surface area (Å²) in [5.41, 5.74) is 6.08. The molecule has 1 aromatic heterocycles. The first-order chi connectivity index (χ1) is 19.2. The molecule has 2 aromatic rings. The number of piperidine rings is 1. The molecule has 3 atom stereocenters. The van der Waals surface area contributed by atoms with Gasteiger partial charge in [0, 0.05) is 30.5 Å². The first-order valence-electron chi connectivity index (χ1n) is 13.7. The molecule has 216 valence electrons. The van der Waals surface area contributed by atoms with E-state index in [9.17, 15) is 22.8 Å². The van der Waals surface area contributed by atoms with E-state index in [-0.39, 0.29) is 29.7 Å². The Balaban J connectivity index is 1.56. The number of primary amides is 1. The van der Waals surface area contributed by atoms with Gasteiger partial charge in [0.1, 0.15) is 17.8 Å². The van der Waals surface area contributed by atoms with Crippen LogP contribution < -0.4 is 21.1 Å². The summed E-state index contributed by atoms with van der Waals surface area (Å²) < 4.78 is 33.7. The zero-order chi connectivity index (χ0) is 28.7. The van der Waals surface area contributed by atoms with Crippen LogP contribution in [0, 0.1) is 5.92 Å². The van der Waals surface area contributed by atoms with Crippen LogP contribution in [0.25, 0.3) is 0 Å². The third kappa shape index (κ3) is 7.16. The van der Waals surface area contributed by atoms with Gasteiger partial charge in [-0.3, -0.25) is 19.4 Å². The number of nitrogens with two attached hydrogens (primary N) is 1. The molecule has 1 saturated heterocycles. The van der Waals surface area contributed by atoms with Crippen molar-refractivity contribution in [3.8, 4) is 5.75 Å². The van der Waals surface area contributed by atoms with Crippen molar-refractivity contribution in [1.29, 1.82) is 0 Å². The van der Waals surface area contributed by atoms with E-state index in [1.807, 2.05) is 0 Å². The highest BCUT2D eigenvalue weighted by atomic mass is 32.2. The highest BCUT2D eigenvalue weighted by Gasteiger charge is 2.42. The monoisotopic (exact) mass is 571 g/mol. The van der Waals surface area contributed by atoms with Gasteiger partial charge in [-0.15, -0.1) is 0 Å². The Morgan fingerprint density at radius 3 is 2.35 bits per heavy atom. The number of benzene rings is 1. The lowest BCUT2D eigenvalue weighted by Crippen LogP contribution is -2.59. The second-order valence-corrected chi connectivity index (χ2v) is 12.3. The molecule has 1 aliphatic carbocycles. The van der Waals surface area contributed by atoms with Gasteiger partial charge < -0.3 is 21.1 Å². The first kappa shape index (κ1) is 29.5. The number of pyridine rings is 1. The molecule has 3 unspecified atom stereocenters. The van der Waals surface area contributed by atoms with Gasteiger partial charge in [-0.05, 0) is 61.6 Å². The van der Waals surface area contributed by atoms with Crippen LogP contribution in [0.5, 0.6) is 5.75 Å². The van der Waals surface area contributed by atoms with Gasteiger partial charge in [0.2, 0.25) is 21.8 Å². The number of carbonyl (C=O) groups is 3. The van der Waals surface area contributed by atoms with Gasteiger partial charge in [-0.25, -0.2) is 8.42 Å². The van der Waals surface area contributed by atoms with Gasteiger partial charge in [0.05, 0.1) is 12.0 Å². The normalized spacial score (nSPS) is 21.2. The van der Waals surface area contributed by atoms with Gasteiger partial charge >= 0.3 is 0 Å². The Kier molecular flexibility index (Phi) is 9.75. The highest BCUT2D eigenvalue weighted by Crippen LogP contribution is 2.29. The molecule has 2 heterocycles. The molecular formula is C28H37N5O6S. The van der Waals surface area contributed by atoms with Gasteiger partial charge in [0.25, 0.3) is 5.91 Å². The highest BCUT2D eigenvalue weighted by molar-refractivity contribution is 7.89. The van der Waals surface area contributed by atoms with Gasteiger partial charge in [-0.2, -0.15) is 4.31 Å². The summed E-state index contributed by atoms with van der Waals surface area (Å²) in [5.74, 6) is -0.839. The Bertz CT molecular complexity index is 1280. The lowest BCUT2D eigenvalue weighted by atomic mass is 9.84. The smallest absolute Gasteiger partial charge is 0.251 e. The quantitative estimate of drug-likeness (QED) is 0.393. The summed E-state index contributed by atoms with van der Waals surface area (Å²) >= 11 is 0. The Morgan fingerprint density at radius 1 is 1.05 bits per heavy atom. The number of rotatable bonds is 10. The minimum Gasteiger partial charge on any atom is -0.497 e. The van der Waals surface area contributed by atoms with Crippen LogP contribution in [0.15, 0.2) is 53.7 Å². The molecule has 12 heteroatoms. The standard InChI is InChI=1S/C28H37N5O6S/c1-39-22-7-9-23(10-8-22)40(37,38)33-16-13-21(31-27(35)20-11-14-30-15-12-20)18-25(33)28(36)32-24(26(29)34)17-19-5-3-2-4-6-19/h7-12,14-15,19,21,24-25H,2-6,13,16-18H2,1H3,(H2,29,34)(H,31,35)(H,32,36). The first-order valence-corrected chi connectivity index (χ1v) is 15.1. The number of amides is 3. The molecule has 0 spiro atoms. The number of ether oxygens (including phenoxy) is 1. The third-order valence-electron chi connectivity index (χ3n) is 7.75. The fourth-order valence-electron chi connectivity index (χ4n) is 5.53. The average molecular weight is 572 g/mol. The minimum absolute atomic E-state index is 0.00238. The summed E-state index contributed by atoms with van der Waals surface area (Å²) in [6.07, 6.45) is 8.98. The van der Waals surface area contributed by atoms with Crippen LogP contribution >= 0.6 is 0 Å². The van der Waals surface area contributed by atoms with E-state index in [1.165, 1.54) is 43.8 Å². The molecule has 4 rings (SSSR count). The van der Waals surface area contributed by atoms with Crippen LogP contribution in [0.1, 0.15) is 61.7 Å². The second kappa shape index (κ2) is 13.2. The predicted octanol–water partition coefficient (Wildman–Crippen LogP) is 1.98. The Labute approximate surface area is 234 Å². The Morgan fingerprint density at radius 2 is 1.73 bits per heavy atom. The minimum atomic E-state index is -4.09. The SMILES string of the molecule is COc1ccc(S(=O)(=O)N2CCC(NC(=O)c3ccncc3)CC2C(=O)NC(CC2CCCCC2)C(N)=O)cc1. The van der Waals surface area contributed by atoms with Crippen molar-refractivity contribution in [2.24, 2.45) is 11.7 Å². The molecule has 1 aromatic carbocycles. The number of nitrogens with zero attached hydrogens (tertiary/aromatic N) is 2. The van der Waals surface area contributed by atoms with Crippen LogP contribution in [0.4, 0.5) is 0 Å². The maximum absolute atomic E-state index is 13.7. The number of nitrogens with one attached hydrogen (secondary N) is 2. The average Bonchev–Trinajstić information content (AvgIpc) is 2.97.